The molecule has 1 rings (SSSR count). The van der Waals surface area contributed by atoms with E-state index in [1.807, 2.05) is 18.2 Å². The van der Waals surface area contributed by atoms with Crippen LogP contribution in [-0.2, 0) is 10.5 Å². The average molecular weight is 248 g/mol. The number of nitrogens with one attached hydrogen (secondary N) is 1. The van der Waals surface area contributed by atoms with Crippen LogP contribution in [0.25, 0.3) is 0 Å². The van der Waals surface area contributed by atoms with Crippen LogP contribution in [0.5, 0.6) is 0 Å². The van der Waals surface area contributed by atoms with E-state index >= 15 is 0 Å². The van der Waals surface area contributed by atoms with E-state index < -0.39 is 0 Å². The van der Waals surface area contributed by atoms with Crippen molar-refractivity contribution in [1.29, 1.82) is 5.26 Å². The molecule has 0 aliphatic rings. The minimum absolute atomic E-state index is 0.00108. The van der Waals surface area contributed by atoms with E-state index in [1.54, 1.807) is 11.8 Å². The third kappa shape index (κ3) is 5.41. The molecule has 0 atom stereocenters. The highest BCUT2D eigenvalue weighted by Crippen LogP contribution is 2.15. The van der Waals surface area contributed by atoms with Crippen LogP contribution in [0.2, 0.25) is 0 Å². The summed E-state index contributed by atoms with van der Waals surface area (Å²) in [5, 5.41) is 11.0. The molecule has 0 aliphatic carbocycles. The number of hydrogen-bond acceptors (Lipinski definition) is 3. The van der Waals surface area contributed by atoms with Gasteiger partial charge in [-0.1, -0.05) is 24.3 Å². The molecule has 0 heterocycles. The first-order valence-electron chi connectivity index (χ1n) is 5.50. The Bertz CT molecular complexity index is 412. The summed E-state index contributed by atoms with van der Waals surface area (Å²) in [4.78, 5) is 11.4. The summed E-state index contributed by atoms with van der Waals surface area (Å²) in [6.45, 7) is 2.52. The molecule has 17 heavy (non-hydrogen) atoms. The molecule has 0 fully saturated rings. The van der Waals surface area contributed by atoms with Gasteiger partial charge in [0.1, 0.15) is 0 Å². The van der Waals surface area contributed by atoms with Gasteiger partial charge in [-0.3, -0.25) is 4.79 Å². The second kappa shape index (κ2) is 7.75. The summed E-state index contributed by atoms with van der Waals surface area (Å²) in [6.07, 6.45) is 0.369. The van der Waals surface area contributed by atoms with Crippen molar-refractivity contribution in [3.8, 4) is 6.07 Å². The van der Waals surface area contributed by atoms with Gasteiger partial charge in [-0.15, -0.1) is 11.8 Å². The Balaban J connectivity index is 2.22. The van der Waals surface area contributed by atoms with Gasteiger partial charge in [-0.05, 0) is 18.1 Å². The lowest BCUT2D eigenvalue weighted by Gasteiger charge is -2.05. The summed E-state index contributed by atoms with van der Waals surface area (Å²) < 4.78 is 0. The smallest absolute Gasteiger partial charge is 0.230 e. The number of aryl methyl sites for hydroxylation is 1. The minimum atomic E-state index is -0.00108. The van der Waals surface area contributed by atoms with Crippen molar-refractivity contribution in [3.05, 3.63) is 35.4 Å². The van der Waals surface area contributed by atoms with Crippen LogP contribution < -0.4 is 5.32 Å². The number of benzene rings is 1. The number of rotatable bonds is 6. The normalized spacial score (nSPS) is 9.65. The Kier molecular flexibility index (Phi) is 6.19. The second-order valence-corrected chi connectivity index (χ2v) is 4.66. The van der Waals surface area contributed by atoms with Crippen LogP contribution in [-0.4, -0.2) is 18.2 Å². The number of hydrogen-bond donors (Lipinski definition) is 1. The van der Waals surface area contributed by atoms with Crippen molar-refractivity contribution >= 4 is 17.7 Å². The van der Waals surface area contributed by atoms with E-state index in [0.29, 0.717) is 18.7 Å². The minimum Gasteiger partial charge on any atom is -0.354 e. The van der Waals surface area contributed by atoms with Crippen LogP contribution in [0.3, 0.4) is 0 Å². The standard InChI is InChI=1S/C13H16N2OS/c1-11-5-2-3-6-12(11)9-17-10-13(16)15-8-4-7-14/h2-3,5-6H,4,8-10H2,1H3,(H,15,16). The second-order valence-electron chi connectivity index (χ2n) is 3.68. The highest BCUT2D eigenvalue weighted by Gasteiger charge is 2.02. The van der Waals surface area contributed by atoms with E-state index in [-0.39, 0.29) is 5.91 Å². The predicted octanol–water partition coefficient (Wildman–Crippen LogP) is 2.26. The topological polar surface area (TPSA) is 52.9 Å². The van der Waals surface area contributed by atoms with Crippen molar-refractivity contribution < 1.29 is 4.79 Å². The monoisotopic (exact) mass is 248 g/mol. The van der Waals surface area contributed by atoms with Gasteiger partial charge in [-0.2, -0.15) is 5.26 Å². The quantitative estimate of drug-likeness (QED) is 0.786. The average Bonchev–Trinajstić information content (AvgIpc) is 2.32. The molecule has 0 unspecified atom stereocenters. The number of carbonyl (C=O) groups excluding carboxylic acids is 1. The predicted molar refractivity (Wildman–Crippen MR) is 70.6 cm³/mol. The summed E-state index contributed by atoms with van der Waals surface area (Å²) in [7, 11) is 0. The SMILES string of the molecule is Cc1ccccc1CSCC(=O)NCCC#N. The Morgan fingerprint density at radius 3 is 2.94 bits per heavy atom. The number of nitrogens with zero attached hydrogens (tertiary/aromatic N) is 1. The zero-order valence-corrected chi connectivity index (χ0v) is 10.7. The molecule has 4 heteroatoms. The van der Waals surface area contributed by atoms with Crippen molar-refractivity contribution in [2.24, 2.45) is 0 Å². The fraction of sp³-hybridized carbons (Fsp3) is 0.385. The molecule has 1 aromatic rings. The zero-order valence-electron chi connectivity index (χ0n) is 9.90. The van der Waals surface area contributed by atoms with Gasteiger partial charge in [0, 0.05) is 12.3 Å². The lowest BCUT2D eigenvalue weighted by atomic mass is 10.1. The molecule has 3 nitrogen and oxygen atoms in total. The number of thioether (sulfide) groups is 1. The summed E-state index contributed by atoms with van der Waals surface area (Å²) in [6, 6.07) is 10.2. The molecule has 1 aromatic carbocycles. The maximum atomic E-state index is 11.4. The molecular formula is C13H16N2OS. The van der Waals surface area contributed by atoms with Gasteiger partial charge in [0.25, 0.3) is 0 Å². The zero-order chi connectivity index (χ0) is 12.5. The molecule has 0 aromatic heterocycles. The number of carbonyl (C=O) groups is 1. The van der Waals surface area contributed by atoms with Gasteiger partial charge >= 0.3 is 0 Å². The first-order valence-corrected chi connectivity index (χ1v) is 6.65. The van der Waals surface area contributed by atoms with E-state index in [9.17, 15) is 4.79 Å². The molecule has 0 saturated heterocycles. The number of nitriles is 1. The summed E-state index contributed by atoms with van der Waals surface area (Å²) >= 11 is 1.59. The molecule has 0 radical (unpaired) electrons. The Hall–Kier alpha value is -1.47. The van der Waals surface area contributed by atoms with Gasteiger partial charge in [0.15, 0.2) is 0 Å². The lowest BCUT2D eigenvalue weighted by molar-refractivity contribution is -0.118. The van der Waals surface area contributed by atoms with Crippen LogP contribution >= 0.6 is 11.8 Å². The molecular weight excluding hydrogens is 232 g/mol. The highest BCUT2D eigenvalue weighted by molar-refractivity contribution is 7.99. The Labute approximate surface area is 106 Å². The molecule has 1 N–H and O–H groups in total. The molecule has 0 bridgehead atoms. The Morgan fingerprint density at radius 2 is 2.24 bits per heavy atom. The van der Waals surface area contributed by atoms with Gasteiger partial charge < -0.3 is 5.32 Å². The van der Waals surface area contributed by atoms with Gasteiger partial charge in [-0.25, -0.2) is 0 Å². The van der Waals surface area contributed by atoms with Crippen molar-refractivity contribution in [1.82, 2.24) is 5.32 Å². The maximum absolute atomic E-state index is 11.4. The van der Waals surface area contributed by atoms with Gasteiger partial charge in [0.05, 0.1) is 18.2 Å². The van der Waals surface area contributed by atoms with Crippen LogP contribution in [0.1, 0.15) is 17.5 Å². The maximum Gasteiger partial charge on any atom is 0.230 e. The van der Waals surface area contributed by atoms with Crippen LogP contribution in [0.15, 0.2) is 24.3 Å². The van der Waals surface area contributed by atoms with E-state index in [0.717, 1.165) is 5.75 Å². The lowest BCUT2D eigenvalue weighted by Crippen LogP contribution is -2.25. The van der Waals surface area contributed by atoms with Gasteiger partial charge in [0.2, 0.25) is 5.91 Å². The van der Waals surface area contributed by atoms with Crippen molar-refractivity contribution in [2.45, 2.75) is 19.1 Å². The molecule has 0 aliphatic heterocycles. The fourth-order valence-electron chi connectivity index (χ4n) is 1.33. The Morgan fingerprint density at radius 1 is 1.47 bits per heavy atom. The van der Waals surface area contributed by atoms with Crippen molar-refractivity contribution in [3.63, 3.8) is 0 Å². The van der Waals surface area contributed by atoms with E-state index in [2.05, 4.69) is 24.4 Å². The largest absolute Gasteiger partial charge is 0.354 e. The first-order chi connectivity index (χ1) is 8.24. The fourth-order valence-corrected chi connectivity index (χ4v) is 2.27. The summed E-state index contributed by atoms with van der Waals surface area (Å²) in [5.41, 5.74) is 2.52. The van der Waals surface area contributed by atoms with Crippen LogP contribution in [0.4, 0.5) is 0 Å². The van der Waals surface area contributed by atoms with Crippen molar-refractivity contribution in [2.75, 3.05) is 12.3 Å². The highest BCUT2D eigenvalue weighted by atomic mass is 32.2. The summed E-state index contributed by atoms with van der Waals surface area (Å²) in [5.74, 6) is 1.29. The molecule has 0 spiro atoms. The first kappa shape index (κ1) is 13.6. The molecule has 90 valence electrons. The molecule has 1 amide bonds. The van der Waals surface area contributed by atoms with Crippen LogP contribution in [0, 0.1) is 18.3 Å². The van der Waals surface area contributed by atoms with E-state index in [4.69, 9.17) is 5.26 Å². The van der Waals surface area contributed by atoms with E-state index in [1.165, 1.54) is 11.1 Å². The third-order valence-electron chi connectivity index (χ3n) is 2.31. The number of amides is 1. The third-order valence-corrected chi connectivity index (χ3v) is 3.29. The molecule has 0 saturated carbocycles.